The first-order chi connectivity index (χ1) is 11.1. The molecule has 0 aliphatic carbocycles. The fraction of sp³-hybridized carbons (Fsp3) is 0.444. The predicted octanol–water partition coefficient (Wildman–Crippen LogP) is 2.00. The lowest BCUT2D eigenvalue weighted by Crippen LogP contribution is -2.29. The van der Waals surface area contributed by atoms with Crippen LogP contribution in [-0.4, -0.2) is 45.2 Å². The molecule has 0 bridgehead atoms. The van der Waals surface area contributed by atoms with Crippen molar-refractivity contribution in [1.29, 1.82) is 0 Å². The Bertz CT molecular complexity index is 694. The number of nitrogens with zero attached hydrogens (tertiary/aromatic N) is 3. The maximum Gasteiger partial charge on any atom is 0.255 e. The molecule has 1 atom stereocenters. The summed E-state index contributed by atoms with van der Waals surface area (Å²) in [5.41, 5.74) is 3.78. The zero-order valence-corrected chi connectivity index (χ0v) is 13.7. The highest BCUT2D eigenvalue weighted by atomic mass is 16.3. The number of likely N-dealkylation sites (tertiary alicyclic amines) is 1. The topological polar surface area (TPSA) is 58.4 Å². The number of aromatic nitrogens is 2. The van der Waals surface area contributed by atoms with E-state index in [9.17, 15) is 9.90 Å². The van der Waals surface area contributed by atoms with Gasteiger partial charge in [-0.3, -0.25) is 9.78 Å². The third-order valence-electron chi connectivity index (χ3n) is 4.68. The molecule has 0 radical (unpaired) electrons. The monoisotopic (exact) mass is 313 g/mol. The molecule has 5 heteroatoms. The molecule has 3 heterocycles. The van der Waals surface area contributed by atoms with Crippen LogP contribution in [0.2, 0.25) is 0 Å². The van der Waals surface area contributed by atoms with Gasteiger partial charge in [-0.2, -0.15) is 0 Å². The van der Waals surface area contributed by atoms with Gasteiger partial charge in [-0.25, -0.2) is 0 Å². The Hall–Kier alpha value is -2.14. The summed E-state index contributed by atoms with van der Waals surface area (Å²) in [4.78, 5) is 19.0. The average molecular weight is 313 g/mol. The molecular formula is C18H23N3O2. The van der Waals surface area contributed by atoms with Gasteiger partial charge < -0.3 is 14.6 Å². The molecule has 1 aliphatic heterocycles. The van der Waals surface area contributed by atoms with Crippen LogP contribution < -0.4 is 0 Å². The molecule has 122 valence electrons. The normalized spacial score (nSPS) is 17.7. The Kier molecular flexibility index (Phi) is 4.48. The van der Waals surface area contributed by atoms with Gasteiger partial charge in [0.1, 0.15) is 0 Å². The lowest BCUT2D eigenvalue weighted by atomic mass is 10.1. The Labute approximate surface area is 136 Å². The van der Waals surface area contributed by atoms with Crippen molar-refractivity contribution < 1.29 is 9.90 Å². The number of carbonyl (C=O) groups is 1. The van der Waals surface area contributed by atoms with E-state index in [0.29, 0.717) is 13.1 Å². The van der Waals surface area contributed by atoms with Gasteiger partial charge in [0.15, 0.2) is 0 Å². The zero-order valence-electron chi connectivity index (χ0n) is 13.7. The maximum atomic E-state index is 12.8. The SMILES string of the molecule is Cc1cc(C(=O)N2CCC(CO)C2)c(C)n1Cc1ccccn1. The van der Waals surface area contributed by atoms with Crippen molar-refractivity contribution in [2.45, 2.75) is 26.8 Å². The van der Waals surface area contributed by atoms with E-state index in [1.54, 1.807) is 6.20 Å². The van der Waals surface area contributed by atoms with Crippen LogP contribution in [0.15, 0.2) is 30.5 Å². The van der Waals surface area contributed by atoms with Crippen molar-refractivity contribution >= 4 is 5.91 Å². The maximum absolute atomic E-state index is 12.8. The summed E-state index contributed by atoms with van der Waals surface area (Å²) in [5.74, 6) is 0.289. The fourth-order valence-corrected chi connectivity index (χ4v) is 3.25. The third kappa shape index (κ3) is 3.15. The zero-order chi connectivity index (χ0) is 16.4. The van der Waals surface area contributed by atoms with E-state index in [0.717, 1.165) is 35.6 Å². The minimum Gasteiger partial charge on any atom is -0.396 e. The molecule has 1 saturated heterocycles. The molecule has 3 rings (SSSR count). The molecule has 1 aliphatic rings. The van der Waals surface area contributed by atoms with Crippen LogP contribution >= 0.6 is 0 Å². The van der Waals surface area contributed by atoms with Crippen molar-refractivity contribution in [3.8, 4) is 0 Å². The lowest BCUT2D eigenvalue weighted by Gasteiger charge is -2.16. The molecule has 23 heavy (non-hydrogen) atoms. The van der Waals surface area contributed by atoms with E-state index >= 15 is 0 Å². The summed E-state index contributed by atoms with van der Waals surface area (Å²) in [6.45, 7) is 6.22. The van der Waals surface area contributed by atoms with E-state index in [1.807, 2.05) is 43.0 Å². The van der Waals surface area contributed by atoms with Crippen LogP contribution in [0.4, 0.5) is 0 Å². The number of hydrogen-bond acceptors (Lipinski definition) is 3. The number of carbonyl (C=O) groups excluding carboxylic acids is 1. The minimum absolute atomic E-state index is 0.0707. The summed E-state index contributed by atoms with van der Waals surface area (Å²) in [6, 6.07) is 7.83. The van der Waals surface area contributed by atoms with Crippen LogP contribution in [0.3, 0.4) is 0 Å². The van der Waals surface area contributed by atoms with Gasteiger partial charge in [-0.1, -0.05) is 6.07 Å². The van der Waals surface area contributed by atoms with Gasteiger partial charge in [0, 0.05) is 43.2 Å². The van der Waals surface area contributed by atoms with E-state index in [-0.39, 0.29) is 18.4 Å². The Morgan fingerprint density at radius 1 is 1.39 bits per heavy atom. The molecule has 1 unspecified atom stereocenters. The van der Waals surface area contributed by atoms with E-state index in [4.69, 9.17) is 0 Å². The second kappa shape index (κ2) is 6.54. The minimum atomic E-state index is 0.0707. The van der Waals surface area contributed by atoms with Crippen LogP contribution in [-0.2, 0) is 6.54 Å². The number of rotatable bonds is 4. The summed E-state index contributed by atoms with van der Waals surface area (Å²) in [7, 11) is 0. The summed E-state index contributed by atoms with van der Waals surface area (Å²) in [5, 5.41) is 9.25. The van der Waals surface area contributed by atoms with Crippen molar-refractivity contribution in [3.63, 3.8) is 0 Å². The van der Waals surface area contributed by atoms with Gasteiger partial charge in [0.05, 0.1) is 17.8 Å². The van der Waals surface area contributed by atoms with Crippen LogP contribution in [0.1, 0.15) is 33.9 Å². The van der Waals surface area contributed by atoms with E-state index < -0.39 is 0 Å². The largest absolute Gasteiger partial charge is 0.396 e. The fourth-order valence-electron chi connectivity index (χ4n) is 3.25. The van der Waals surface area contributed by atoms with Crippen molar-refractivity contribution in [2.75, 3.05) is 19.7 Å². The van der Waals surface area contributed by atoms with Crippen molar-refractivity contribution in [2.24, 2.45) is 5.92 Å². The van der Waals surface area contributed by atoms with E-state index in [1.165, 1.54) is 0 Å². The first-order valence-corrected chi connectivity index (χ1v) is 8.07. The Balaban J connectivity index is 1.82. The predicted molar refractivity (Wildman–Crippen MR) is 88.3 cm³/mol. The summed E-state index contributed by atoms with van der Waals surface area (Å²) in [6.07, 6.45) is 2.67. The highest BCUT2D eigenvalue weighted by molar-refractivity contribution is 5.96. The smallest absolute Gasteiger partial charge is 0.255 e. The van der Waals surface area contributed by atoms with E-state index in [2.05, 4.69) is 9.55 Å². The second-order valence-corrected chi connectivity index (χ2v) is 6.28. The van der Waals surface area contributed by atoms with Crippen LogP contribution in [0, 0.1) is 19.8 Å². The van der Waals surface area contributed by atoms with Gasteiger partial charge in [-0.05, 0) is 38.5 Å². The number of pyridine rings is 1. The van der Waals surface area contributed by atoms with Gasteiger partial charge in [0.2, 0.25) is 0 Å². The second-order valence-electron chi connectivity index (χ2n) is 6.28. The van der Waals surface area contributed by atoms with Gasteiger partial charge in [0.25, 0.3) is 5.91 Å². The quantitative estimate of drug-likeness (QED) is 0.939. The molecule has 1 N–H and O–H groups in total. The average Bonchev–Trinajstić information content (AvgIpc) is 3.15. The van der Waals surface area contributed by atoms with Crippen molar-refractivity contribution in [1.82, 2.24) is 14.5 Å². The molecular weight excluding hydrogens is 290 g/mol. The molecule has 0 saturated carbocycles. The molecule has 1 amide bonds. The van der Waals surface area contributed by atoms with Gasteiger partial charge >= 0.3 is 0 Å². The molecule has 5 nitrogen and oxygen atoms in total. The standard InChI is InChI=1S/C18H23N3O2/c1-13-9-17(18(23)20-8-6-15(10-20)12-22)14(2)21(13)11-16-5-3-4-7-19-16/h3-5,7,9,15,22H,6,8,10-12H2,1-2H3. The lowest BCUT2D eigenvalue weighted by molar-refractivity contribution is 0.0781. The molecule has 2 aromatic heterocycles. The number of amides is 1. The number of hydrogen-bond donors (Lipinski definition) is 1. The number of aliphatic hydroxyl groups is 1. The Morgan fingerprint density at radius 3 is 2.87 bits per heavy atom. The third-order valence-corrected chi connectivity index (χ3v) is 4.68. The highest BCUT2D eigenvalue weighted by Crippen LogP contribution is 2.22. The first-order valence-electron chi connectivity index (χ1n) is 8.07. The molecule has 1 fully saturated rings. The number of aryl methyl sites for hydroxylation is 1. The number of aliphatic hydroxyl groups excluding tert-OH is 1. The van der Waals surface area contributed by atoms with Crippen molar-refractivity contribution in [3.05, 3.63) is 53.1 Å². The summed E-state index contributed by atoms with van der Waals surface area (Å²) >= 11 is 0. The van der Waals surface area contributed by atoms with Crippen LogP contribution in [0.25, 0.3) is 0 Å². The van der Waals surface area contributed by atoms with Gasteiger partial charge in [-0.15, -0.1) is 0 Å². The Morgan fingerprint density at radius 2 is 2.22 bits per heavy atom. The first kappa shape index (κ1) is 15.7. The molecule has 0 aromatic carbocycles. The summed E-state index contributed by atoms with van der Waals surface area (Å²) < 4.78 is 2.13. The van der Waals surface area contributed by atoms with Crippen LogP contribution in [0.5, 0.6) is 0 Å². The highest BCUT2D eigenvalue weighted by Gasteiger charge is 2.28. The molecule has 0 spiro atoms. The molecule has 2 aromatic rings.